The van der Waals surface area contributed by atoms with Crippen molar-refractivity contribution >= 4 is 11.6 Å². The van der Waals surface area contributed by atoms with Crippen LogP contribution in [0.15, 0.2) is 18.2 Å². The van der Waals surface area contributed by atoms with Crippen LogP contribution in [0.5, 0.6) is 5.75 Å². The summed E-state index contributed by atoms with van der Waals surface area (Å²) in [6.07, 6.45) is -0.344. The monoisotopic (exact) mass is 257 g/mol. The molecule has 96 valence electrons. The standard InChI is InChI=1S/C13H20ClNO2/c1-9(2)12(16)8-15-7-10-11(14)5-4-6-13(10)17-3/h4-6,9,12,15-16H,7-8H2,1-3H3. The fraction of sp³-hybridized carbons (Fsp3) is 0.538. The largest absolute Gasteiger partial charge is 0.496 e. The number of rotatable bonds is 6. The molecule has 1 aromatic carbocycles. The summed E-state index contributed by atoms with van der Waals surface area (Å²) in [7, 11) is 1.62. The third kappa shape index (κ3) is 4.19. The molecule has 1 unspecified atom stereocenters. The third-order valence-electron chi connectivity index (χ3n) is 2.72. The molecule has 0 aliphatic heterocycles. The lowest BCUT2D eigenvalue weighted by atomic mass is 10.1. The maximum absolute atomic E-state index is 9.67. The van der Waals surface area contributed by atoms with Gasteiger partial charge in [-0.2, -0.15) is 0 Å². The number of halogens is 1. The summed E-state index contributed by atoms with van der Waals surface area (Å²) in [5, 5.41) is 13.5. The van der Waals surface area contributed by atoms with E-state index in [2.05, 4.69) is 5.32 Å². The molecule has 1 atom stereocenters. The van der Waals surface area contributed by atoms with Crippen molar-refractivity contribution in [1.82, 2.24) is 5.32 Å². The van der Waals surface area contributed by atoms with Gasteiger partial charge in [0.2, 0.25) is 0 Å². The zero-order valence-corrected chi connectivity index (χ0v) is 11.3. The van der Waals surface area contributed by atoms with E-state index in [1.54, 1.807) is 7.11 Å². The molecule has 0 saturated heterocycles. The topological polar surface area (TPSA) is 41.5 Å². The molecule has 0 aliphatic carbocycles. The molecule has 0 spiro atoms. The van der Waals surface area contributed by atoms with E-state index >= 15 is 0 Å². The van der Waals surface area contributed by atoms with Gasteiger partial charge in [-0.05, 0) is 18.1 Å². The van der Waals surface area contributed by atoms with Crippen LogP contribution in [0.25, 0.3) is 0 Å². The number of methoxy groups -OCH3 is 1. The Morgan fingerprint density at radius 3 is 2.71 bits per heavy atom. The molecule has 4 heteroatoms. The van der Waals surface area contributed by atoms with E-state index in [1.807, 2.05) is 32.0 Å². The molecule has 0 heterocycles. The van der Waals surface area contributed by atoms with Crippen LogP contribution in [-0.2, 0) is 6.54 Å². The Hall–Kier alpha value is -0.770. The number of aliphatic hydroxyl groups excluding tert-OH is 1. The van der Waals surface area contributed by atoms with E-state index in [9.17, 15) is 5.11 Å². The molecule has 0 fully saturated rings. The van der Waals surface area contributed by atoms with E-state index in [0.717, 1.165) is 11.3 Å². The summed E-state index contributed by atoms with van der Waals surface area (Å²) in [5.41, 5.74) is 0.924. The SMILES string of the molecule is COc1cccc(Cl)c1CNCC(O)C(C)C. The van der Waals surface area contributed by atoms with Gasteiger partial charge in [-0.25, -0.2) is 0 Å². The summed E-state index contributed by atoms with van der Waals surface area (Å²) < 4.78 is 5.24. The van der Waals surface area contributed by atoms with Gasteiger partial charge in [0.15, 0.2) is 0 Å². The molecular formula is C13H20ClNO2. The van der Waals surface area contributed by atoms with Crippen LogP contribution in [0.4, 0.5) is 0 Å². The molecule has 0 aromatic heterocycles. The summed E-state index contributed by atoms with van der Waals surface area (Å²) in [6, 6.07) is 5.56. The minimum absolute atomic E-state index is 0.246. The lowest BCUT2D eigenvalue weighted by molar-refractivity contribution is 0.123. The predicted molar refractivity (Wildman–Crippen MR) is 70.6 cm³/mol. The summed E-state index contributed by atoms with van der Waals surface area (Å²) >= 11 is 6.10. The first-order valence-corrected chi connectivity index (χ1v) is 6.14. The van der Waals surface area contributed by atoms with Crippen molar-refractivity contribution in [2.75, 3.05) is 13.7 Å². The quantitative estimate of drug-likeness (QED) is 0.823. The van der Waals surface area contributed by atoms with E-state index in [0.29, 0.717) is 18.1 Å². The Morgan fingerprint density at radius 2 is 2.12 bits per heavy atom. The van der Waals surface area contributed by atoms with Gasteiger partial charge in [-0.15, -0.1) is 0 Å². The average Bonchev–Trinajstić information content (AvgIpc) is 2.30. The molecular weight excluding hydrogens is 238 g/mol. The molecule has 0 saturated carbocycles. The van der Waals surface area contributed by atoms with Crippen molar-refractivity contribution in [3.63, 3.8) is 0 Å². The van der Waals surface area contributed by atoms with E-state index in [1.165, 1.54) is 0 Å². The number of hydrogen-bond donors (Lipinski definition) is 2. The first-order valence-electron chi connectivity index (χ1n) is 5.76. The number of benzene rings is 1. The van der Waals surface area contributed by atoms with Crippen molar-refractivity contribution in [3.05, 3.63) is 28.8 Å². The minimum Gasteiger partial charge on any atom is -0.496 e. The molecule has 0 aliphatic rings. The third-order valence-corrected chi connectivity index (χ3v) is 3.07. The maximum atomic E-state index is 9.67. The highest BCUT2D eigenvalue weighted by Crippen LogP contribution is 2.25. The van der Waals surface area contributed by atoms with Gasteiger partial charge in [-0.3, -0.25) is 0 Å². The van der Waals surface area contributed by atoms with Crippen molar-refractivity contribution < 1.29 is 9.84 Å². The number of nitrogens with one attached hydrogen (secondary N) is 1. The number of aliphatic hydroxyl groups is 1. The second-order valence-electron chi connectivity index (χ2n) is 4.36. The van der Waals surface area contributed by atoms with Gasteiger partial charge in [0.05, 0.1) is 13.2 Å². The van der Waals surface area contributed by atoms with Crippen LogP contribution >= 0.6 is 11.6 Å². The second kappa shape index (κ2) is 6.84. The van der Waals surface area contributed by atoms with E-state index < -0.39 is 0 Å². The van der Waals surface area contributed by atoms with Gasteiger partial charge in [0.25, 0.3) is 0 Å². The summed E-state index contributed by atoms with van der Waals surface area (Å²) in [4.78, 5) is 0. The van der Waals surface area contributed by atoms with Crippen molar-refractivity contribution in [2.24, 2.45) is 5.92 Å². The Morgan fingerprint density at radius 1 is 1.41 bits per heavy atom. The van der Waals surface area contributed by atoms with Gasteiger partial charge in [0.1, 0.15) is 5.75 Å². The van der Waals surface area contributed by atoms with E-state index in [-0.39, 0.29) is 12.0 Å². The van der Waals surface area contributed by atoms with E-state index in [4.69, 9.17) is 16.3 Å². The van der Waals surface area contributed by atoms with Crippen LogP contribution in [0.2, 0.25) is 5.02 Å². The highest BCUT2D eigenvalue weighted by Gasteiger charge is 2.10. The average molecular weight is 258 g/mol. The highest BCUT2D eigenvalue weighted by atomic mass is 35.5. The molecule has 3 nitrogen and oxygen atoms in total. The molecule has 0 bridgehead atoms. The number of ether oxygens (including phenoxy) is 1. The highest BCUT2D eigenvalue weighted by molar-refractivity contribution is 6.31. The van der Waals surface area contributed by atoms with Gasteiger partial charge in [-0.1, -0.05) is 31.5 Å². The first-order chi connectivity index (χ1) is 8.06. The molecule has 0 amide bonds. The van der Waals surface area contributed by atoms with Gasteiger partial charge >= 0.3 is 0 Å². The molecule has 0 radical (unpaired) electrons. The Labute approximate surface area is 108 Å². The van der Waals surface area contributed by atoms with Crippen molar-refractivity contribution in [2.45, 2.75) is 26.5 Å². The Kier molecular flexibility index (Phi) is 5.75. The Bertz CT molecular complexity index is 355. The predicted octanol–water partition coefficient (Wildman–Crippen LogP) is 2.46. The second-order valence-corrected chi connectivity index (χ2v) is 4.77. The Balaban J connectivity index is 2.57. The van der Waals surface area contributed by atoms with Crippen LogP contribution in [0.1, 0.15) is 19.4 Å². The lowest BCUT2D eigenvalue weighted by Crippen LogP contribution is -2.30. The smallest absolute Gasteiger partial charge is 0.124 e. The summed E-state index contributed by atoms with van der Waals surface area (Å²) in [6.45, 7) is 5.11. The lowest BCUT2D eigenvalue weighted by Gasteiger charge is -2.16. The fourth-order valence-corrected chi connectivity index (χ4v) is 1.72. The molecule has 17 heavy (non-hydrogen) atoms. The fourth-order valence-electron chi connectivity index (χ4n) is 1.48. The van der Waals surface area contributed by atoms with Crippen molar-refractivity contribution in [1.29, 1.82) is 0 Å². The summed E-state index contributed by atoms with van der Waals surface area (Å²) in [5.74, 6) is 1.01. The zero-order valence-electron chi connectivity index (χ0n) is 10.5. The van der Waals surface area contributed by atoms with Crippen LogP contribution in [0.3, 0.4) is 0 Å². The van der Waals surface area contributed by atoms with Crippen LogP contribution in [0, 0.1) is 5.92 Å². The molecule has 1 rings (SSSR count). The van der Waals surface area contributed by atoms with Crippen molar-refractivity contribution in [3.8, 4) is 5.75 Å². The normalized spacial score (nSPS) is 12.8. The number of hydrogen-bond acceptors (Lipinski definition) is 3. The zero-order chi connectivity index (χ0) is 12.8. The first kappa shape index (κ1) is 14.3. The van der Waals surface area contributed by atoms with Gasteiger partial charge in [0, 0.05) is 23.7 Å². The van der Waals surface area contributed by atoms with Gasteiger partial charge < -0.3 is 15.2 Å². The van der Waals surface area contributed by atoms with Crippen LogP contribution in [-0.4, -0.2) is 24.9 Å². The van der Waals surface area contributed by atoms with Crippen LogP contribution < -0.4 is 10.1 Å². The molecule has 1 aromatic rings. The maximum Gasteiger partial charge on any atom is 0.124 e. The molecule has 2 N–H and O–H groups in total. The minimum atomic E-state index is -0.344.